The Balaban J connectivity index is 1.49. The highest BCUT2D eigenvalue weighted by molar-refractivity contribution is 5.44. The average molecular weight is 275 g/mol. The maximum Gasteiger partial charge on any atom is 0.0724 e. The van der Waals surface area contributed by atoms with Crippen molar-refractivity contribution in [3.05, 3.63) is 24.5 Å². The number of ether oxygens (including phenoxy) is 1. The fraction of sp³-hybridized carbons (Fsp3) is 0.688. The number of nitrogens with one attached hydrogen (secondary N) is 1. The third kappa shape index (κ3) is 3.13. The molecule has 2 atom stereocenters. The number of methoxy groups -OCH3 is 1. The molecule has 2 aliphatic rings. The Morgan fingerprint density at radius 1 is 1.15 bits per heavy atom. The molecule has 1 saturated heterocycles. The van der Waals surface area contributed by atoms with Crippen molar-refractivity contribution in [3.8, 4) is 0 Å². The van der Waals surface area contributed by atoms with Crippen LogP contribution >= 0.6 is 0 Å². The zero-order chi connectivity index (χ0) is 13.8. The van der Waals surface area contributed by atoms with Gasteiger partial charge in [0.15, 0.2) is 0 Å². The molecule has 0 amide bonds. The van der Waals surface area contributed by atoms with Gasteiger partial charge < -0.3 is 15.0 Å². The molecular formula is C16H25N3O. The molecule has 0 spiro atoms. The summed E-state index contributed by atoms with van der Waals surface area (Å²) < 4.78 is 5.58. The van der Waals surface area contributed by atoms with Crippen LogP contribution in [0, 0.1) is 0 Å². The van der Waals surface area contributed by atoms with Gasteiger partial charge in [-0.05, 0) is 44.2 Å². The van der Waals surface area contributed by atoms with Crippen LogP contribution in [-0.2, 0) is 4.74 Å². The van der Waals surface area contributed by atoms with Crippen molar-refractivity contribution >= 4 is 5.69 Å². The van der Waals surface area contributed by atoms with Crippen molar-refractivity contribution in [3.63, 3.8) is 0 Å². The molecule has 1 aromatic rings. The van der Waals surface area contributed by atoms with E-state index in [-0.39, 0.29) is 0 Å². The van der Waals surface area contributed by atoms with Gasteiger partial charge in [-0.3, -0.25) is 4.98 Å². The number of pyridine rings is 1. The van der Waals surface area contributed by atoms with Crippen molar-refractivity contribution in [2.75, 3.05) is 25.1 Å². The summed E-state index contributed by atoms with van der Waals surface area (Å²) in [7, 11) is 1.84. The van der Waals surface area contributed by atoms with E-state index in [1.165, 1.54) is 37.8 Å². The van der Waals surface area contributed by atoms with Gasteiger partial charge in [-0.1, -0.05) is 0 Å². The average Bonchev–Trinajstić information content (AvgIpc) is 2.96. The fourth-order valence-corrected chi connectivity index (χ4v) is 3.56. The number of anilines is 1. The monoisotopic (exact) mass is 275 g/mol. The lowest BCUT2D eigenvalue weighted by atomic mass is 10.0. The first kappa shape index (κ1) is 13.8. The number of rotatable bonds is 4. The van der Waals surface area contributed by atoms with Gasteiger partial charge in [-0.2, -0.15) is 0 Å². The van der Waals surface area contributed by atoms with Crippen molar-refractivity contribution in [2.45, 2.75) is 50.3 Å². The SMILES string of the molecule is COC1CCCC1NC1CCN(c2ccncc2)CC1. The van der Waals surface area contributed by atoms with Crippen LogP contribution in [0.4, 0.5) is 5.69 Å². The second kappa shape index (κ2) is 6.55. The van der Waals surface area contributed by atoms with Gasteiger partial charge >= 0.3 is 0 Å². The zero-order valence-corrected chi connectivity index (χ0v) is 12.3. The molecule has 1 saturated carbocycles. The Hall–Kier alpha value is -1.13. The van der Waals surface area contributed by atoms with Crippen LogP contribution in [0.3, 0.4) is 0 Å². The van der Waals surface area contributed by atoms with Crippen LogP contribution in [0.1, 0.15) is 32.1 Å². The summed E-state index contributed by atoms with van der Waals surface area (Å²) in [5, 5.41) is 3.83. The number of hydrogen-bond donors (Lipinski definition) is 1. The summed E-state index contributed by atoms with van der Waals surface area (Å²) in [6, 6.07) is 5.42. The van der Waals surface area contributed by atoms with Crippen LogP contribution in [-0.4, -0.2) is 43.4 Å². The fourth-order valence-electron chi connectivity index (χ4n) is 3.56. The Labute approximate surface area is 121 Å². The van der Waals surface area contributed by atoms with Crippen LogP contribution < -0.4 is 10.2 Å². The molecule has 0 radical (unpaired) electrons. The molecule has 1 aromatic heterocycles. The lowest BCUT2D eigenvalue weighted by Gasteiger charge is -2.36. The molecule has 110 valence electrons. The van der Waals surface area contributed by atoms with Crippen molar-refractivity contribution in [1.29, 1.82) is 0 Å². The normalized spacial score (nSPS) is 27.9. The molecule has 2 fully saturated rings. The van der Waals surface area contributed by atoms with Crippen LogP contribution in [0.5, 0.6) is 0 Å². The van der Waals surface area contributed by atoms with Crippen molar-refractivity contribution in [1.82, 2.24) is 10.3 Å². The summed E-state index contributed by atoms with van der Waals surface area (Å²) in [5.74, 6) is 0. The second-order valence-corrected chi connectivity index (χ2v) is 5.94. The van der Waals surface area contributed by atoms with Crippen LogP contribution in [0.2, 0.25) is 0 Å². The van der Waals surface area contributed by atoms with Gasteiger partial charge in [0, 0.05) is 50.4 Å². The number of nitrogens with zero attached hydrogens (tertiary/aromatic N) is 2. The van der Waals surface area contributed by atoms with E-state index in [1.54, 1.807) is 0 Å². The van der Waals surface area contributed by atoms with E-state index in [4.69, 9.17) is 4.74 Å². The minimum atomic E-state index is 0.424. The minimum Gasteiger partial charge on any atom is -0.380 e. The third-order valence-electron chi connectivity index (χ3n) is 4.73. The summed E-state index contributed by atoms with van der Waals surface area (Å²) in [6.07, 6.45) is 10.4. The maximum absolute atomic E-state index is 5.58. The van der Waals surface area contributed by atoms with Crippen molar-refractivity contribution < 1.29 is 4.74 Å². The Bertz CT molecular complexity index is 403. The topological polar surface area (TPSA) is 37.4 Å². The first-order valence-electron chi connectivity index (χ1n) is 7.80. The molecule has 4 nitrogen and oxygen atoms in total. The van der Waals surface area contributed by atoms with Crippen LogP contribution in [0.15, 0.2) is 24.5 Å². The van der Waals surface area contributed by atoms with Gasteiger partial charge in [0.1, 0.15) is 0 Å². The predicted molar refractivity (Wildman–Crippen MR) is 81.0 cm³/mol. The van der Waals surface area contributed by atoms with Crippen molar-refractivity contribution in [2.24, 2.45) is 0 Å². The molecule has 0 aromatic carbocycles. The molecule has 1 aliphatic heterocycles. The molecule has 4 heteroatoms. The molecule has 2 heterocycles. The highest BCUT2D eigenvalue weighted by Crippen LogP contribution is 2.24. The molecule has 2 unspecified atom stereocenters. The summed E-state index contributed by atoms with van der Waals surface area (Å²) in [4.78, 5) is 6.55. The van der Waals surface area contributed by atoms with Gasteiger partial charge in [0.25, 0.3) is 0 Å². The van der Waals surface area contributed by atoms with Gasteiger partial charge in [0.05, 0.1) is 6.10 Å². The van der Waals surface area contributed by atoms with Gasteiger partial charge in [-0.15, -0.1) is 0 Å². The van der Waals surface area contributed by atoms with E-state index >= 15 is 0 Å². The maximum atomic E-state index is 5.58. The Morgan fingerprint density at radius 2 is 1.90 bits per heavy atom. The zero-order valence-electron chi connectivity index (χ0n) is 12.3. The highest BCUT2D eigenvalue weighted by atomic mass is 16.5. The lowest BCUT2D eigenvalue weighted by molar-refractivity contribution is 0.0799. The predicted octanol–water partition coefficient (Wildman–Crippen LogP) is 2.21. The molecule has 1 N–H and O–H groups in total. The largest absolute Gasteiger partial charge is 0.380 e. The number of hydrogen-bond acceptors (Lipinski definition) is 4. The smallest absolute Gasteiger partial charge is 0.0724 e. The first-order valence-corrected chi connectivity index (χ1v) is 7.80. The molecule has 3 rings (SSSR count). The molecule has 20 heavy (non-hydrogen) atoms. The standard InChI is InChI=1S/C16H25N3O/c1-20-16-4-2-3-15(16)18-13-7-11-19(12-8-13)14-5-9-17-10-6-14/h5-6,9-10,13,15-16,18H,2-4,7-8,11-12H2,1H3. The van der Waals surface area contributed by atoms with Gasteiger partial charge in [0.2, 0.25) is 0 Å². The molecule has 1 aliphatic carbocycles. The number of aromatic nitrogens is 1. The van der Waals surface area contributed by atoms with E-state index in [1.807, 2.05) is 19.5 Å². The van der Waals surface area contributed by atoms with E-state index in [2.05, 4.69) is 27.3 Å². The second-order valence-electron chi connectivity index (χ2n) is 5.94. The summed E-state index contributed by atoms with van der Waals surface area (Å²) in [6.45, 7) is 2.26. The lowest BCUT2D eigenvalue weighted by Crippen LogP contribution is -2.48. The van der Waals surface area contributed by atoms with E-state index in [0.717, 1.165) is 13.1 Å². The Kier molecular flexibility index (Phi) is 4.53. The van der Waals surface area contributed by atoms with Crippen LogP contribution in [0.25, 0.3) is 0 Å². The Morgan fingerprint density at radius 3 is 2.60 bits per heavy atom. The quantitative estimate of drug-likeness (QED) is 0.914. The molecule has 0 bridgehead atoms. The first-order chi connectivity index (χ1) is 9.86. The summed E-state index contributed by atoms with van der Waals surface area (Å²) >= 11 is 0. The van der Waals surface area contributed by atoms with E-state index < -0.39 is 0 Å². The summed E-state index contributed by atoms with van der Waals surface area (Å²) in [5.41, 5.74) is 1.30. The minimum absolute atomic E-state index is 0.424. The highest BCUT2D eigenvalue weighted by Gasteiger charge is 2.30. The third-order valence-corrected chi connectivity index (χ3v) is 4.73. The van der Waals surface area contributed by atoms with Gasteiger partial charge in [-0.25, -0.2) is 0 Å². The molecular weight excluding hydrogens is 250 g/mol. The van der Waals surface area contributed by atoms with E-state index in [0.29, 0.717) is 18.2 Å². The van der Waals surface area contributed by atoms with E-state index in [9.17, 15) is 0 Å². The number of piperidine rings is 1.